The third kappa shape index (κ3) is 5.14. The van der Waals surface area contributed by atoms with Crippen molar-refractivity contribution < 1.29 is 24.2 Å². The predicted octanol–water partition coefficient (Wildman–Crippen LogP) is 0.407. The summed E-state index contributed by atoms with van der Waals surface area (Å²) in [6.07, 6.45) is 0.225. The molecular weight excluding hydrogens is 226 g/mol. The first-order valence-corrected chi connectivity index (χ1v) is 5.27. The van der Waals surface area contributed by atoms with Gasteiger partial charge in [0.25, 0.3) is 0 Å². The Bertz CT molecular complexity index is 290. The molecule has 2 N–H and O–H groups in total. The molecule has 6 heteroatoms. The van der Waals surface area contributed by atoms with Gasteiger partial charge in [-0.05, 0) is 20.8 Å². The smallest absolute Gasteiger partial charge is 0.323 e. The van der Waals surface area contributed by atoms with E-state index < -0.39 is 23.1 Å². The zero-order valence-electron chi connectivity index (χ0n) is 11.0. The van der Waals surface area contributed by atoms with Crippen LogP contribution in [-0.4, -0.2) is 48.9 Å². The summed E-state index contributed by atoms with van der Waals surface area (Å²) in [7, 11) is 2.77. The molecule has 0 heterocycles. The van der Waals surface area contributed by atoms with E-state index in [0.717, 1.165) is 0 Å². The second-order valence-corrected chi connectivity index (χ2v) is 4.71. The maximum atomic E-state index is 11.2. The molecule has 1 atom stereocenters. The van der Waals surface area contributed by atoms with Crippen molar-refractivity contribution in [1.82, 2.24) is 5.32 Å². The van der Waals surface area contributed by atoms with Crippen LogP contribution in [-0.2, 0) is 19.1 Å². The van der Waals surface area contributed by atoms with Crippen LogP contribution in [0.5, 0.6) is 0 Å². The van der Waals surface area contributed by atoms with Crippen molar-refractivity contribution in [3.05, 3.63) is 0 Å². The molecule has 0 saturated carbocycles. The average Bonchev–Trinajstić information content (AvgIpc) is 2.25. The number of aliphatic carboxylic acids is 1. The number of carboxylic acids is 1. The highest BCUT2D eigenvalue weighted by Gasteiger charge is 2.39. The van der Waals surface area contributed by atoms with E-state index in [2.05, 4.69) is 10.1 Å². The van der Waals surface area contributed by atoms with Gasteiger partial charge in [-0.3, -0.25) is 14.9 Å². The number of nitrogens with one attached hydrogen (secondary N) is 1. The summed E-state index contributed by atoms with van der Waals surface area (Å²) >= 11 is 0. The minimum Gasteiger partial charge on any atom is -0.480 e. The molecule has 0 amide bonds. The zero-order chi connectivity index (χ0) is 13.7. The van der Waals surface area contributed by atoms with Gasteiger partial charge in [0.2, 0.25) is 0 Å². The summed E-state index contributed by atoms with van der Waals surface area (Å²) in [5, 5.41) is 11.9. The van der Waals surface area contributed by atoms with Crippen LogP contribution in [0.2, 0.25) is 0 Å². The van der Waals surface area contributed by atoms with Gasteiger partial charge in [-0.25, -0.2) is 0 Å². The first-order valence-electron chi connectivity index (χ1n) is 5.27. The second kappa shape index (κ2) is 5.97. The number of carboxylic acid groups (broad SMARTS) is 1. The number of carbonyl (C=O) groups excluding carboxylic acids is 1. The van der Waals surface area contributed by atoms with Gasteiger partial charge in [-0.1, -0.05) is 0 Å². The summed E-state index contributed by atoms with van der Waals surface area (Å²) in [6.45, 7) is 4.93. The van der Waals surface area contributed by atoms with E-state index in [0.29, 0.717) is 0 Å². The van der Waals surface area contributed by atoms with Crippen LogP contribution >= 0.6 is 0 Å². The average molecular weight is 247 g/mol. The summed E-state index contributed by atoms with van der Waals surface area (Å²) in [5.74, 6) is -1.54. The van der Waals surface area contributed by atoms with Crippen molar-refractivity contribution in [3.63, 3.8) is 0 Å². The molecule has 0 aromatic heterocycles. The van der Waals surface area contributed by atoms with E-state index >= 15 is 0 Å². The van der Waals surface area contributed by atoms with E-state index in [-0.39, 0.29) is 13.0 Å². The van der Waals surface area contributed by atoms with Gasteiger partial charge in [0, 0.05) is 13.5 Å². The van der Waals surface area contributed by atoms with Gasteiger partial charge < -0.3 is 14.6 Å². The van der Waals surface area contributed by atoms with E-state index in [9.17, 15) is 14.7 Å². The van der Waals surface area contributed by atoms with Gasteiger partial charge in [0.05, 0.1) is 19.3 Å². The van der Waals surface area contributed by atoms with Crippen LogP contribution in [0.1, 0.15) is 27.2 Å². The number of esters is 1. The van der Waals surface area contributed by atoms with E-state index in [1.165, 1.54) is 21.1 Å². The Labute approximate surface area is 101 Å². The summed E-state index contributed by atoms with van der Waals surface area (Å²) in [6, 6.07) is 0. The Kier molecular flexibility index (Phi) is 5.57. The van der Waals surface area contributed by atoms with Gasteiger partial charge >= 0.3 is 11.9 Å². The van der Waals surface area contributed by atoms with Crippen molar-refractivity contribution >= 4 is 11.9 Å². The molecule has 6 nitrogen and oxygen atoms in total. The fraction of sp³-hybridized carbons (Fsp3) is 0.818. The molecule has 0 saturated heterocycles. The normalized spacial score (nSPS) is 15.1. The van der Waals surface area contributed by atoms with Gasteiger partial charge in [-0.15, -0.1) is 0 Å². The Balaban J connectivity index is 4.69. The van der Waals surface area contributed by atoms with Gasteiger partial charge in [0.15, 0.2) is 0 Å². The van der Waals surface area contributed by atoms with E-state index in [1.54, 1.807) is 13.8 Å². The number of methoxy groups -OCH3 is 2. The minimum absolute atomic E-state index is 0.154. The lowest BCUT2D eigenvalue weighted by atomic mass is 9.87. The van der Waals surface area contributed by atoms with Crippen molar-refractivity contribution in [3.8, 4) is 0 Å². The first-order chi connectivity index (χ1) is 7.67. The molecular formula is C11H21NO5. The van der Waals surface area contributed by atoms with E-state index in [1.807, 2.05) is 0 Å². The maximum Gasteiger partial charge on any atom is 0.323 e. The van der Waals surface area contributed by atoms with Crippen LogP contribution in [0.3, 0.4) is 0 Å². The predicted molar refractivity (Wildman–Crippen MR) is 61.8 cm³/mol. The van der Waals surface area contributed by atoms with Crippen molar-refractivity contribution in [2.45, 2.75) is 38.3 Å². The van der Waals surface area contributed by atoms with Crippen molar-refractivity contribution in [2.75, 3.05) is 20.8 Å². The molecule has 0 aliphatic rings. The Morgan fingerprint density at radius 1 is 1.24 bits per heavy atom. The van der Waals surface area contributed by atoms with Crippen LogP contribution in [0.4, 0.5) is 0 Å². The molecule has 0 aliphatic heterocycles. The van der Waals surface area contributed by atoms with Crippen molar-refractivity contribution in [2.24, 2.45) is 0 Å². The lowest BCUT2D eigenvalue weighted by molar-refractivity contribution is -0.148. The number of hydrogen-bond donors (Lipinski definition) is 2. The SMILES string of the molecule is COC(=O)CNC(C)(CC(C)(C)OC)C(=O)O. The van der Waals surface area contributed by atoms with Crippen LogP contribution in [0, 0.1) is 0 Å². The van der Waals surface area contributed by atoms with E-state index in [4.69, 9.17) is 4.74 Å². The molecule has 1 unspecified atom stereocenters. The molecule has 0 spiro atoms. The fourth-order valence-corrected chi connectivity index (χ4v) is 1.48. The molecule has 0 bridgehead atoms. The standard InChI is InChI=1S/C11H21NO5/c1-10(2,17-5)7-11(3,9(14)15)12-6-8(13)16-4/h12H,6-7H2,1-5H3,(H,14,15). The second-order valence-electron chi connectivity index (χ2n) is 4.71. The molecule has 0 aromatic rings. The highest BCUT2D eigenvalue weighted by atomic mass is 16.5. The topological polar surface area (TPSA) is 84.9 Å². The van der Waals surface area contributed by atoms with Crippen molar-refractivity contribution in [1.29, 1.82) is 0 Å². The monoisotopic (exact) mass is 247 g/mol. The maximum absolute atomic E-state index is 11.2. The number of hydrogen-bond acceptors (Lipinski definition) is 5. The first kappa shape index (κ1) is 15.9. The van der Waals surface area contributed by atoms with Gasteiger partial charge in [0.1, 0.15) is 5.54 Å². The largest absolute Gasteiger partial charge is 0.480 e. The molecule has 100 valence electrons. The lowest BCUT2D eigenvalue weighted by Gasteiger charge is -2.34. The number of rotatable bonds is 7. The molecule has 0 aliphatic carbocycles. The molecule has 0 aromatic carbocycles. The quantitative estimate of drug-likeness (QED) is 0.634. The summed E-state index contributed by atoms with van der Waals surface area (Å²) in [5.41, 5.74) is -1.84. The third-order valence-corrected chi connectivity index (χ3v) is 2.65. The number of ether oxygens (including phenoxy) is 2. The highest BCUT2D eigenvalue weighted by molar-refractivity contribution is 5.80. The van der Waals surface area contributed by atoms with Crippen LogP contribution in [0.25, 0.3) is 0 Å². The Hall–Kier alpha value is -1.14. The minimum atomic E-state index is -1.24. The van der Waals surface area contributed by atoms with Crippen LogP contribution < -0.4 is 5.32 Å². The van der Waals surface area contributed by atoms with Gasteiger partial charge in [-0.2, -0.15) is 0 Å². The Morgan fingerprint density at radius 2 is 1.76 bits per heavy atom. The fourth-order valence-electron chi connectivity index (χ4n) is 1.48. The number of carbonyl (C=O) groups is 2. The summed E-state index contributed by atoms with van der Waals surface area (Å²) in [4.78, 5) is 22.3. The van der Waals surface area contributed by atoms with Crippen LogP contribution in [0.15, 0.2) is 0 Å². The highest BCUT2D eigenvalue weighted by Crippen LogP contribution is 2.23. The third-order valence-electron chi connectivity index (χ3n) is 2.65. The molecule has 0 fully saturated rings. The lowest BCUT2D eigenvalue weighted by Crippen LogP contribution is -2.55. The molecule has 0 rings (SSSR count). The molecule has 0 radical (unpaired) electrons. The summed E-state index contributed by atoms with van der Waals surface area (Å²) < 4.78 is 9.65. The molecule has 17 heavy (non-hydrogen) atoms. The zero-order valence-corrected chi connectivity index (χ0v) is 11.0. The Morgan fingerprint density at radius 3 is 2.12 bits per heavy atom.